The lowest BCUT2D eigenvalue weighted by Crippen LogP contribution is -2.34. The van der Waals surface area contributed by atoms with E-state index in [1.807, 2.05) is 48.5 Å². The van der Waals surface area contributed by atoms with Gasteiger partial charge in [-0.05, 0) is 47.5 Å². The summed E-state index contributed by atoms with van der Waals surface area (Å²) in [7, 11) is 0. The second-order valence-corrected chi connectivity index (χ2v) is 6.15. The van der Waals surface area contributed by atoms with E-state index in [1.54, 1.807) is 25.3 Å². The van der Waals surface area contributed by atoms with Crippen molar-refractivity contribution in [2.75, 3.05) is 5.32 Å². The maximum Gasteiger partial charge on any atom is 0.262 e. The lowest BCUT2D eigenvalue weighted by Gasteiger charge is -2.13. The predicted octanol–water partition coefficient (Wildman–Crippen LogP) is 4.44. The highest BCUT2D eigenvalue weighted by Gasteiger charge is 2.11. The first-order chi connectivity index (χ1) is 12.1. The Labute approximate surface area is 151 Å². The van der Waals surface area contributed by atoms with Gasteiger partial charge >= 0.3 is 0 Å². The number of hydrazone groups is 1. The molecule has 0 aliphatic rings. The fourth-order valence-electron chi connectivity index (χ4n) is 2.45. The van der Waals surface area contributed by atoms with Crippen LogP contribution >= 0.6 is 11.6 Å². The van der Waals surface area contributed by atoms with Crippen LogP contribution in [0.4, 0.5) is 5.69 Å². The monoisotopic (exact) mass is 351 g/mol. The van der Waals surface area contributed by atoms with Crippen molar-refractivity contribution in [2.24, 2.45) is 5.10 Å². The summed E-state index contributed by atoms with van der Waals surface area (Å²) < 4.78 is 0. The van der Waals surface area contributed by atoms with Gasteiger partial charge in [0.2, 0.25) is 0 Å². The standard InChI is InChI=1S/C20H18ClN3O/c1-14(23-19-8-4-7-18(21)12-19)20(25)24-22-13-15-9-10-16-5-2-3-6-17(16)11-15/h2-14,23H,1H3,(H,24,25). The van der Waals surface area contributed by atoms with E-state index >= 15 is 0 Å². The number of benzene rings is 3. The Hall–Kier alpha value is -2.85. The molecule has 3 aromatic carbocycles. The average Bonchev–Trinajstić information content (AvgIpc) is 2.61. The molecule has 0 radical (unpaired) electrons. The van der Waals surface area contributed by atoms with Crippen LogP contribution in [-0.4, -0.2) is 18.2 Å². The number of hydrogen-bond acceptors (Lipinski definition) is 3. The van der Waals surface area contributed by atoms with Gasteiger partial charge in [0.15, 0.2) is 0 Å². The van der Waals surface area contributed by atoms with Crippen molar-refractivity contribution in [3.05, 3.63) is 77.3 Å². The van der Waals surface area contributed by atoms with Gasteiger partial charge < -0.3 is 5.32 Å². The summed E-state index contributed by atoms with van der Waals surface area (Å²) >= 11 is 5.94. The summed E-state index contributed by atoms with van der Waals surface area (Å²) in [5.74, 6) is -0.225. The number of rotatable bonds is 5. The first-order valence-electron chi connectivity index (χ1n) is 7.96. The highest BCUT2D eigenvalue weighted by molar-refractivity contribution is 6.30. The van der Waals surface area contributed by atoms with Crippen molar-refractivity contribution in [2.45, 2.75) is 13.0 Å². The van der Waals surface area contributed by atoms with Crippen LogP contribution < -0.4 is 10.7 Å². The molecule has 0 saturated heterocycles. The predicted molar refractivity (Wildman–Crippen MR) is 104 cm³/mol. The van der Waals surface area contributed by atoms with E-state index in [9.17, 15) is 4.79 Å². The quantitative estimate of drug-likeness (QED) is 0.527. The first-order valence-corrected chi connectivity index (χ1v) is 8.33. The molecule has 4 nitrogen and oxygen atoms in total. The number of amides is 1. The van der Waals surface area contributed by atoms with Crippen LogP contribution in [0.1, 0.15) is 12.5 Å². The molecule has 126 valence electrons. The molecule has 5 heteroatoms. The number of halogens is 1. The Morgan fingerprint density at radius 2 is 1.84 bits per heavy atom. The summed E-state index contributed by atoms with van der Waals surface area (Å²) in [4.78, 5) is 12.1. The van der Waals surface area contributed by atoms with E-state index in [0.29, 0.717) is 5.02 Å². The third-order valence-corrected chi connectivity index (χ3v) is 4.00. The maximum atomic E-state index is 12.1. The highest BCUT2D eigenvalue weighted by atomic mass is 35.5. The van der Waals surface area contributed by atoms with Crippen LogP contribution in [0.5, 0.6) is 0 Å². The number of anilines is 1. The topological polar surface area (TPSA) is 53.5 Å². The molecule has 25 heavy (non-hydrogen) atoms. The smallest absolute Gasteiger partial charge is 0.262 e. The molecule has 0 bridgehead atoms. The Morgan fingerprint density at radius 1 is 1.04 bits per heavy atom. The van der Waals surface area contributed by atoms with Gasteiger partial charge in [0.05, 0.1) is 6.21 Å². The number of nitrogens with zero attached hydrogens (tertiary/aromatic N) is 1. The van der Waals surface area contributed by atoms with Gasteiger partial charge in [-0.1, -0.05) is 54.1 Å². The number of carbonyl (C=O) groups excluding carboxylic acids is 1. The molecule has 0 saturated carbocycles. The van der Waals surface area contributed by atoms with Gasteiger partial charge in [0.1, 0.15) is 6.04 Å². The molecule has 1 amide bonds. The molecule has 3 aromatic rings. The molecule has 1 unspecified atom stereocenters. The number of hydrogen-bond donors (Lipinski definition) is 2. The van der Waals surface area contributed by atoms with E-state index in [2.05, 4.69) is 21.9 Å². The minimum Gasteiger partial charge on any atom is -0.374 e. The lowest BCUT2D eigenvalue weighted by atomic mass is 10.1. The molecule has 0 aromatic heterocycles. The zero-order chi connectivity index (χ0) is 17.6. The highest BCUT2D eigenvalue weighted by Crippen LogP contribution is 2.16. The van der Waals surface area contributed by atoms with Crippen molar-refractivity contribution >= 4 is 40.2 Å². The number of carbonyl (C=O) groups is 1. The molecule has 0 fully saturated rings. The van der Waals surface area contributed by atoms with Gasteiger partial charge in [-0.15, -0.1) is 0 Å². The van der Waals surface area contributed by atoms with Crippen LogP contribution in [-0.2, 0) is 4.79 Å². The number of nitrogens with one attached hydrogen (secondary N) is 2. The molecule has 1 atom stereocenters. The Kier molecular flexibility index (Phi) is 5.31. The molecule has 0 aliphatic carbocycles. The molecule has 0 heterocycles. The Balaban J connectivity index is 1.59. The Morgan fingerprint density at radius 3 is 2.64 bits per heavy atom. The van der Waals surface area contributed by atoms with Crippen molar-refractivity contribution in [3.63, 3.8) is 0 Å². The van der Waals surface area contributed by atoms with Crippen LogP contribution in [0.2, 0.25) is 5.02 Å². The summed E-state index contributed by atoms with van der Waals surface area (Å²) in [6, 6.07) is 20.9. The van der Waals surface area contributed by atoms with E-state index in [-0.39, 0.29) is 5.91 Å². The zero-order valence-electron chi connectivity index (χ0n) is 13.7. The van der Waals surface area contributed by atoms with Gasteiger partial charge in [-0.25, -0.2) is 5.43 Å². The molecule has 0 aliphatic heterocycles. The SMILES string of the molecule is CC(Nc1cccc(Cl)c1)C(=O)NN=Cc1ccc2ccccc2c1. The van der Waals surface area contributed by atoms with Gasteiger partial charge in [0.25, 0.3) is 5.91 Å². The largest absolute Gasteiger partial charge is 0.374 e. The van der Waals surface area contributed by atoms with E-state index in [4.69, 9.17) is 11.6 Å². The first kappa shape index (κ1) is 17.0. The second-order valence-electron chi connectivity index (χ2n) is 5.72. The van der Waals surface area contributed by atoms with E-state index in [1.165, 1.54) is 5.39 Å². The molecular formula is C20H18ClN3O. The van der Waals surface area contributed by atoms with E-state index in [0.717, 1.165) is 16.6 Å². The molecule has 2 N–H and O–H groups in total. The van der Waals surface area contributed by atoms with Gasteiger partial charge in [-0.3, -0.25) is 4.79 Å². The fraction of sp³-hybridized carbons (Fsp3) is 0.100. The summed E-state index contributed by atoms with van der Waals surface area (Å²) in [5, 5.41) is 10.0. The lowest BCUT2D eigenvalue weighted by molar-refractivity contribution is -0.121. The van der Waals surface area contributed by atoms with Crippen LogP contribution in [0.3, 0.4) is 0 Å². The summed E-state index contributed by atoms with van der Waals surface area (Å²) in [6.07, 6.45) is 1.64. The Bertz CT molecular complexity index is 923. The average molecular weight is 352 g/mol. The second kappa shape index (κ2) is 7.81. The summed E-state index contributed by atoms with van der Waals surface area (Å²) in [6.45, 7) is 1.77. The van der Waals surface area contributed by atoms with Crippen LogP contribution in [0, 0.1) is 0 Å². The van der Waals surface area contributed by atoms with Gasteiger partial charge in [-0.2, -0.15) is 5.10 Å². The normalized spacial score (nSPS) is 12.2. The van der Waals surface area contributed by atoms with Crippen molar-refractivity contribution in [1.82, 2.24) is 5.43 Å². The fourth-order valence-corrected chi connectivity index (χ4v) is 2.64. The third kappa shape index (κ3) is 4.58. The maximum absolute atomic E-state index is 12.1. The number of fused-ring (bicyclic) bond motifs is 1. The van der Waals surface area contributed by atoms with Crippen molar-refractivity contribution < 1.29 is 4.79 Å². The van der Waals surface area contributed by atoms with Crippen LogP contribution in [0.15, 0.2) is 71.8 Å². The van der Waals surface area contributed by atoms with Gasteiger partial charge in [0, 0.05) is 10.7 Å². The summed E-state index contributed by atoms with van der Waals surface area (Å²) in [5.41, 5.74) is 4.26. The molecule has 0 spiro atoms. The molecule has 3 rings (SSSR count). The minimum atomic E-state index is -0.438. The van der Waals surface area contributed by atoms with Crippen LogP contribution in [0.25, 0.3) is 10.8 Å². The van der Waals surface area contributed by atoms with Crippen molar-refractivity contribution in [3.8, 4) is 0 Å². The third-order valence-electron chi connectivity index (χ3n) is 3.76. The van der Waals surface area contributed by atoms with E-state index < -0.39 is 6.04 Å². The van der Waals surface area contributed by atoms with Crippen molar-refractivity contribution in [1.29, 1.82) is 0 Å². The zero-order valence-corrected chi connectivity index (χ0v) is 14.5. The molecular weight excluding hydrogens is 334 g/mol. The minimum absolute atomic E-state index is 0.225.